The molecule has 0 bridgehead atoms. The van der Waals surface area contributed by atoms with Crippen LogP contribution in [0.15, 0.2) is 4.79 Å². The Morgan fingerprint density at radius 1 is 1.10 bits per heavy atom. The molecule has 1 aliphatic heterocycles. The highest BCUT2D eigenvalue weighted by molar-refractivity contribution is 5.88. The number of hydrogen-bond donors (Lipinski definition) is 0. The predicted octanol–water partition coefficient (Wildman–Crippen LogP) is 1.31. The number of aldehydes is 1. The number of amides is 1. The van der Waals surface area contributed by atoms with E-state index >= 15 is 0 Å². The number of nitrogens with zero attached hydrogens (tertiary/aromatic N) is 6. The fourth-order valence-corrected chi connectivity index (χ4v) is 3.65. The number of hydrogen-bond acceptors (Lipinski definition) is 7. The van der Waals surface area contributed by atoms with Crippen LogP contribution >= 0.6 is 0 Å². The Morgan fingerprint density at radius 3 is 2.34 bits per heavy atom. The molecular weight excluding hydrogens is 376 g/mol. The van der Waals surface area contributed by atoms with Crippen LogP contribution in [0, 0.1) is 0 Å². The van der Waals surface area contributed by atoms with Crippen LogP contribution in [0.4, 0.5) is 10.6 Å². The van der Waals surface area contributed by atoms with E-state index < -0.39 is 11.3 Å². The molecule has 158 valence electrons. The van der Waals surface area contributed by atoms with Gasteiger partial charge in [-0.05, 0) is 34.6 Å². The highest BCUT2D eigenvalue weighted by Crippen LogP contribution is 2.28. The quantitative estimate of drug-likeness (QED) is 0.696. The van der Waals surface area contributed by atoms with E-state index in [-0.39, 0.29) is 24.0 Å². The monoisotopic (exact) mass is 404 g/mol. The molecular formula is C19H28N6O4. The van der Waals surface area contributed by atoms with Gasteiger partial charge < -0.3 is 19.1 Å². The maximum atomic E-state index is 12.6. The minimum Gasteiger partial charge on any atom is -0.444 e. The van der Waals surface area contributed by atoms with Gasteiger partial charge in [-0.1, -0.05) is 0 Å². The predicted molar refractivity (Wildman–Crippen MR) is 108 cm³/mol. The third-order valence-corrected chi connectivity index (χ3v) is 5.11. The number of anilines is 1. The second kappa shape index (κ2) is 7.16. The summed E-state index contributed by atoms with van der Waals surface area (Å²) in [5.41, 5.74) is 0.00999. The zero-order chi connectivity index (χ0) is 21.7. The van der Waals surface area contributed by atoms with Crippen LogP contribution < -0.4 is 10.6 Å². The van der Waals surface area contributed by atoms with E-state index in [0.29, 0.717) is 36.4 Å². The van der Waals surface area contributed by atoms with Gasteiger partial charge in [0.05, 0.1) is 0 Å². The Kier molecular flexibility index (Phi) is 5.14. The fraction of sp³-hybridized carbons (Fsp3) is 0.632. The van der Waals surface area contributed by atoms with Gasteiger partial charge in [0.1, 0.15) is 16.8 Å². The second-order valence-electron chi connectivity index (χ2n) is 8.58. The first-order chi connectivity index (χ1) is 13.4. The molecule has 3 heterocycles. The molecule has 3 rings (SSSR count). The van der Waals surface area contributed by atoms with Crippen molar-refractivity contribution in [3.8, 4) is 0 Å². The lowest BCUT2D eigenvalue weighted by Crippen LogP contribution is -2.59. The molecule has 0 unspecified atom stereocenters. The van der Waals surface area contributed by atoms with Gasteiger partial charge in [0, 0.05) is 39.3 Å². The third kappa shape index (κ3) is 3.70. The van der Waals surface area contributed by atoms with Crippen LogP contribution in [0.2, 0.25) is 0 Å². The van der Waals surface area contributed by atoms with Crippen molar-refractivity contribution in [3.05, 3.63) is 16.3 Å². The molecule has 29 heavy (non-hydrogen) atoms. The Morgan fingerprint density at radius 2 is 1.76 bits per heavy atom. The molecule has 1 amide bonds. The van der Waals surface area contributed by atoms with Crippen molar-refractivity contribution < 1.29 is 14.3 Å². The molecule has 1 fully saturated rings. The molecule has 1 aliphatic rings. The summed E-state index contributed by atoms with van der Waals surface area (Å²) < 4.78 is 8.48. The number of piperazine rings is 1. The van der Waals surface area contributed by atoms with E-state index in [1.807, 2.05) is 39.5 Å². The average Bonchev–Trinajstić information content (AvgIpc) is 2.95. The zero-order valence-electron chi connectivity index (χ0n) is 18.0. The summed E-state index contributed by atoms with van der Waals surface area (Å²) in [6.07, 6.45) is 0.292. The Bertz CT molecular complexity index is 1020. The molecule has 0 N–H and O–H groups in total. The zero-order valence-corrected chi connectivity index (χ0v) is 18.0. The van der Waals surface area contributed by atoms with Gasteiger partial charge in [-0.25, -0.2) is 14.6 Å². The van der Waals surface area contributed by atoms with Crippen molar-refractivity contribution in [2.75, 3.05) is 18.0 Å². The van der Waals surface area contributed by atoms with E-state index in [2.05, 4.69) is 9.97 Å². The van der Waals surface area contributed by atoms with Gasteiger partial charge in [0.2, 0.25) is 0 Å². The van der Waals surface area contributed by atoms with Gasteiger partial charge >= 0.3 is 11.8 Å². The number of carbonyl (C=O) groups excluding carboxylic acids is 2. The maximum absolute atomic E-state index is 12.6. The summed E-state index contributed by atoms with van der Waals surface area (Å²) in [5, 5.41) is 0. The minimum atomic E-state index is -0.574. The Labute approximate surface area is 169 Å². The van der Waals surface area contributed by atoms with Crippen molar-refractivity contribution in [3.63, 3.8) is 0 Å². The largest absolute Gasteiger partial charge is 0.444 e. The van der Waals surface area contributed by atoms with E-state index in [1.54, 1.807) is 23.6 Å². The van der Waals surface area contributed by atoms with Crippen LogP contribution in [0.3, 0.4) is 0 Å². The number of aromatic nitrogens is 4. The lowest BCUT2D eigenvalue weighted by atomic mass is 10.1. The number of carbonyl (C=O) groups is 2. The highest BCUT2D eigenvalue weighted by atomic mass is 16.6. The normalized spacial score (nSPS) is 20.2. The van der Waals surface area contributed by atoms with Crippen molar-refractivity contribution in [2.24, 2.45) is 14.1 Å². The molecule has 0 saturated carbocycles. The number of imidazole rings is 1. The first-order valence-corrected chi connectivity index (χ1v) is 9.59. The molecule has 10 heteroatoms. The third-order valence-electron chi connectivity index (χ3n) is 5.11. The van der Waals surface area contributed by atoms with Crippen LogP contribution in [0.5, 0.6) is 0 Å². The first kappa shape index (κ1) is 20.8. The Balaban J connectivity index is 2.00. The second-order valence-corrected chi connectivity index (χ2v) is 8.58. The molecule has 2 atom stereocenters. The van der Waals surface area contributed by atoms with Crippen molar-refractivity contribution in [1.29, 1.82) is 0 Å². The van der Waals surface area contributed by atoms with Crippen molar-refractivity contribution >= 4 is 29.4 Å². The number of rotatable bonds is 2. The maximum Gasteiger partial charge on any atom is 0.410 e. The van der Waals surface area contributed by atoms with E-state index in [9.17, 15) is 14.4 Å². The minimum absolute atomic E-state index is 0.122. The lowest BCUT2D eigenvalue weighted by molar-refractivity contribution is 0.0130. The van der Waals surface area contributed by atoms with Crippen molar-refractivity contribution in [2.45, 2.75) is 52.3 Å². The number of ether oxygens (including phenoxy) is 1. The molecule has 2 aromatic heterocycles. The van der Waals surface area contributed by atoms with Gasteiger partial charge in [-0.2, -0.15) is 4.98 Å². The summed E-state index contributed by atoms with van der Waals surface area (Å²) in [6, 6.07) is -0.278. The van der Waals surface area contributed by atoms with Crippen LogP contribution in [0.1, 0.15) is 45.2 Å². The molecule has 10 nitrogen and oxygen atoms in total. The van der Waals surface area contributed by atoms with E-state index in [4.69, 9.17) is 4.74 Å². The van der Waals surface area contributed by atoms with Crippen LogP contribution in [-0.2, 0) is 18.8 Å². The standard InChI is InChI=1S/C19H28N6O4/c1-11-9-25(18(28)29-19(3,4)5)12(2)8-24(11)15-14-16(23(7)17(27)21-15)22(6)13(10-26)20-14/h10-12H,8-9H2,1-7H3/t11-,12+/m0/s1. The van der Waals surface area contributed by atoms with Crippen molar-refractivity contribution in [1.82, 2.24) is 24.0 Å². The fourth-order valence-electron chi connectivity index (χ4n) is 3.65. The molecule has 1 saturated heterocycles. The van der Waals surface area contributed by atoms with Gasteiger partial charge in [0.15, 0.2) is 17.9 Å². The van der Waals surface area contributed by atoms with E-state index in [0.717, 1.165) is 0 Å². The smallest absolute Gasteiger partial charge is 0.410 e. The highest BCUT2D eigenvalue weighted by Gasteiger charge is 2.36. The van der Waals surface area contributed by atoms with E-state index in [1.165, 1.54) is 4.57 Å². The van der Waals surface area contributed by atoms with Crippen LogP contribution in [0.25, 0.3) is 11.2 Å². The lowest BCUT2D eigenvalue weighted by Gasteiger charge is -2.44. The summed E-state index contributed by atoms with van der Waals surface area (Å²) in [7, 11) is 3.29. The topological polar surface area (TPSA) is 103 Å². The van der Waals surface area contributed by atoms with Gasteiger partial charge in [-0.3, -0.25) is 9.36 Å². The number of fused-ring (bicyclic) bond motifs is 1. The molecule has 0 aromatic carbocycles. The summed E-state index contributed by atoms with van der Waals surface area (Å²) in [4.78, 5) is 48.7. The van der Waals surface area contributed by atoms with Gasteiger partial charge in [0.25, 0.3) is 0 Å². The summed E-state index contributed by atoms with van der Waals surface area (Å²) in [6.45, 7) is 10.3. The number of aryl methyl sites for hydroxylation is 2. The van der Waals surface area contributed by atoms with Gasteiger partial charge in [-0.15, -0.1) is 0 Å². The SMILES string of the molecule is C[C@@H]1CN(c2nc(=O)n(C)c3c2nc(C=O)n3C)[C@@H](C)CN1C(=O)OC(C)(C)C. The summed E-state index contributed by atoms with van der Waals surface area (Å²) >= 11 is 0. The molecule has 0 radical (unpaired) electrons. The Hall–Kier alpha value is -2.91. The first-order valence-electron chi connectivity index (χ1n) is 9.59. The molecule has 2 aromatic rings. The molecule has 0 aliphatic carbocycles. The molecule has 0 spiro atoms. The summed E-state index contributed by atoms with van der Waals surface area (Å²) in [5.74, 6) is 0.646. The average molecular weight is 404 g/mol. The van der Waals surface area contributed by atoms with Crippen LogP contribution in [-0.4, -0.2) is 67.2 Å².